The Morgan fingerprint density at radius 2 is 2.17 bits per heavy atom. The topological polar surface area (TPSA) is 29.1 Å². The third-order valence-electron chi connectivity index (χ3n) is 1.72. The third kappa shape index (κ3) is 6.65. The first-order chi connectivity index (χ1) is 5.70. The van der Waals surface area contributed by atoms with E-state index in [0.717, 1.165) is 25.8 Å². The lowest BCUT2D eigenvalue weighted by Crippen LogP contribution is -2.28. The van der Waals surface area contributed by atoms with Crippen LogP contribution in [0, 0.1) is 0 Å². The van der Waals surface area contributed by atoms with Gasteiger partial charge in [-0.3, -0.25) is 4.79 Å². The molecule has 0 aromatic rings. The molecule has 0 rings (SSSR count). The van der Waals surface area contributed by atoms with Crippen LogP contribution in [0.25, 0.3) is 0 Å². The van der Waals surface area contributed by atoms with Crippen molar-refractivity contribution in [1.82, 2.24) is 5.32 Å². The average Bonchev–Trinajstić information content (AvgIpc) is 2.10. The highest BCUT2D eigenvalue weighted by Crippen LogP contribution is 2.02. The van der Waals surface area contributed by atoms with Crippen LogP contribution in [-0.2, 0) is 4.79 Å². The zero-order valence-corrected chi connectivity index (χ0v) is 9.49. The fourth-order valence-electron chi connectivity index (χ4n) is 0.795. The predicted octanol–water partition coefficient (Wildman–Crippen LogP) is 2.47. The van der Waals surface area contributed by atoms with E-state index in [1.54, 1.807) is 0 Å². The summed E-state index contributed by atoms with van der Waals surface area (Å²) in [5, 5.41) is 2.88. The molecule has 0 fully saturated rings. The van der Waals surface area contributed by atoms with Crippen molar-refractivity contribution in [1.29, 1.82) is 0 Å². The number of carbonyl (C=O) groups excluding carboxylic acids is 1. The van der Waals surface area contributed by atoms with Crippen molar-refractivity contribution in [3.8, 4) is 0 Å². The molecule has 0 saturated carbocycles. The number of hydrogen-bond donors (Lipinski definition) is 1. The summed E-state index contributed by atoms with van der Waals surface area (Å²) < 4.78 is 0. The fourth-order valence-corrected chi connectivity index (χ4v) is 0.957. The molecular weight excluding hydrogens is 218 g/mol. The molecule has 1 N–H and O–H groups in total. The minimum atomic E-state index is 0.176. The lowest BCUT2D eigenvalue weighted by atomic mass is 10.2. The van der Waals surface area contributed by atoms with Crippen LogP contribution in [0.4, 0.5) is 0 Å². The van der Waals surface area contributed by atoms with E-state index in [0.29, 0.717) is 11.2 Å². The lowest BCUT2D eigenvalue weighted by molar-refractivity contribution is -0.121. The molecule has 72 valence electrons. The van der Waals surface area contributed by atoms with Crippen LogP contribution in [0.5, 0.6) is 0 Å². The summed E-state index contributed by atoms with van der Waals surface area (Å²) in [4.78, 5) is 11.5. The Labute approximate surface area is 83.2 Å². The third-order valence-corrected chi connectivity index (χ3v) is 2.69. The molecule has 0 radical (unpaired) electrons. The SMILES string of the molecule is CCCCC(=O)NCC(Br)CC. The maximum Gasteiger partial charge on any atom is 0.220 e. The van der Waals surface area contributed by atoms with Gasteiger partial charge in [-0.2, -0.15) is 0 Å². The summed E-state index contributed by atoms with van der Waals surface area (Å²) in [5.74, 6) is 0.176. The van der Waals surface area contributed by atoms with Gasteiger partial charge in [0.25, 0.3) is 0 Å². The van der Waals surface area contributed by atoms with Crippen molar-refractivity contribution >= 4 is 21.8 Å². The van der Waals surface area contributed by atoms with E-state index in [2.05, 4.69) is 35.1 Å². The average molecular weight is 236 g/mol. The highest BCUT2D eigenvalue weighted by molar-refractivity contribution is 9.09. The molecule has 0 aromatic carbocycles. The monoisotopic (exact) mass is 235 g/mol. The van der Waals surface area contributed by atoms with Gasteiger partial charge in [-0.1, -0.05) is 36.2 Å². The standard InChI is InChI=1S/C9H18BrNO/c1-3-5-6-9(12)11-7-8(10)4-2/h8H,3-7H2,1-2H3,(H,11,12). The van der Waals surface area contributed by atoms with Gasteiger partial charge in [0, 0.05) is 17.8 Å². The zero-order valence-electron chi connectivity index (χ0n) is 7.90. The number of alkyl halides is 1. The van der Waals surface area contributed by atoms with E-state index < -0.39 is 0 Å². The summed E-state index contributed by atoms with van der Waals surface area (Å²) in [6, 6.07) is 0. The van der Waals surface area contributed by atoms with Gasteiger partial charge in [0.2, 0.25) is 5.91 Å². The Morgan fingerprint density at radius 1 is 1.50 bits per heavy atom. The summed E-state index contributed by atoms with van der Waals surface area (Å²) in [5.41, 5.74) is 0. The normalized spacial score (nSPS) is 12.6. The first-order valence-electron chi connectivity index (χ1n) is 4.61. The number of carbonyl (C=O) groups is 1. The van der Waals surface area contributed by atoms with E-state index in [9.17, 15) is 4.79 Å². The van der Waals surface area contributed by atoms with Gasteiger partial charge >= 0.3 is 0 Å². The highest BCUT2D eigenvalue weighted by Gasteiger charge is 2.03. The molecule has 0 aliphatic rings. The zero-order chi connectivity index (χ0) is 9.40. The Balaban J connectivity index is 3.31. The van der Waals surface area contributed by atoms with Gasteiger partial charge in [0.1, 0.15) is 0 Å². The molecule has 2 nitrogen and oxygen atoms in total. The molecule has 1 amide bonds. The predicted molar refractivity (Wildman–Crippen MR) is 55.5 cm³/mol. The maximum absolute atomic E-state index is 11.1. The van der Waals surface area contributed by atoms with Crippen LogP contribution >= 0.6 is 15.9 Å². The van der Waals surface area contributed by atoms with Crippen LogP contribution < -0.4 is 5.32 Å². The van der Waals surface area contributed by atoms with Crippen LogP contribution in [0.1, 0.15) is 39.5 Å². The number of unbranched alkanes of at least 4 members (excludes halogenated alkanes) is 1. The Morgan fingerprint density at radius 3 is 2.67 bits per heavy atom. The van der Waals surface area contributed by atoms with E-state index in [4.69, 9.17) is 0 Å². The summed E-state index contributed by atoms with van der Waals surface area (Å²) >= 11 is 3.46. The van der Waals surface area contributed by atoms with Crippen molar-refractivity contribution in [2.45, 2.75) is 44.4 Å². The van der Waals surface area contributed by atoms with Crippen LogP contribution in [0.15, 0.2) is 0 Å². The molecule has 3 heteroatoms. The van der Waals surface area contributed by atoms with E-state index in [-0.39, 0.29) is 5.91 Å². The van der Waals surface area contributed by atoms with Crippen molar-refractivity contribution in [3.05, 3.63) is 0 Å². The van der Waals surface area contributed by atoms with Crippen LogP contribution in [0.3, 0.4) is 0 Å². The molecule has 0 bridgehead atoms. The molecule has 0 aliphatic heterocycles. The van der Waals surface area contributed by atoms with Crippen LogP contribution in [-0.4, -0.2) is 17.3 Å². The molecule has 1 unspecified atom stereocenters. The minimum Gasteiger partial charge on any atom is -0.355 e. The molecule has 0 heterocycles. The van der Waals surface area contributed by atoms with Crippen molar-refractivity contribution < 1.29 is 4.79 Å². The van der Waals surface area contributed by atoms with Crippen molar-refractivity contribution in [2.24, 2.45) is 0 Å². The quantitative estimate of drug-likeness (QED) is 0.705. The number of nitrogens with one attached hydrogen (secondary N) is 1. The fraction of sp³-hybridized carbons (Fsp3) is 0.889. The number of hydrogen-bond acceptors (Lipinski definition) is 1. The highest BCUT2D eigenvalue weighted by atomic mass is 79.9. The number of rotatable bonds is 6. The first kappa shape index (κ1) is 11.9. The number of halogens is 1. The second-order valence-electron chi connectivity index (χ2n) is 2.91. The van der Waals surface area contributed by atoms with Gasteiger partial charge < -0.3 is 5.32 Å². The first-order valence-corrected chi connectivity index (χ1v) is 5.53. The molecule has 0 aromatic heterocycles. The van der Waals surface area contributed by atoms with Gasteiger partial charge in [-0.15, -0.1) is 0 Å². The lowest BCUT2D eigenvalue weighted by Gasteiger charge is -2.07. The van der Waals surface area contributed by atoms with Crippen LogP contribution in [0.2, 0.25) is 0 Å². The molecule has 0 saturated heterocycles. The largest absolute Gasteiger partial charge is 0.355 e. The van der Waals surface area contributed by atoms with E-state index in [1.807, 2.05) is 0 Å². The molecular formula is C9H18BrNO. The van der Waals surface area contributed by atoms with Crippen molar-refractivity contribution in [3.63, 3.8) is 0 Å². The minimum absolute atomic E-state index is 0.176. The van der Waals surface area contributed by atoms with E-state index in [1.165, 1.54) is 0 Å². The summed E-state index contributed by atoms with van der Waals surface area (Å²) in [6.45, 7) is 4.93. The van der Waals surface area contributed by atoms with E-state index >= 15 is 0 Å². The molecule has 0 spiro atoms. The second-order valence-corrected chi connectivity index (χ2v) is 4.21. The Hall–Kier alpha value is -0.0500. The molecule has 1 atom stereocenters. The molecule has 0 aliphatic carbocycles. The van der Waals surface area contributed by atoms with Crippen molar-refractivity contribution in [2.75, 3.05) is 6.54 Å². The van der Waals surface area contributed by atoms with Gasteiger partial charge in [0.05, 0.1) is 0 Å². The summed E-state index contributed by atoms with van der Waals surface area (Å²) in [6.07, 6.45) is 3.79. The molecule has 12 heavy (non-hydrogen) atoms. The smallest absolute Gasteiger partial charge is 0.220 e. The maximum atomic E-state index is 11.1. The number of amides is 1. The van der Waals surface area contributed by atoms with Gasteiger partial charge in [-0.25, -0.2) is 0 Å². The summed E-state index contributed by atoms with van der Waals surface area (Å²) in [7, 11) is 0. The Kier molecular flexibility index (Phi) is 7.56. The van der Waals surface area contributed by atoms with Gasteiger partial charge in [-0.05, 0) is 12.8 Å². The second kappa shape index (κ2) is 7.59. The Bertz CT molecular complexity index is 128. The van der Waals surface area contributed by atoms with Gasteiger partial charge in [0.15, 0.2) is 0 Å².